The third-order valence-electron chi connectivity index (χ3n) is 3.37. The predicted octanol–water partition coefficient (Wildman–Crippen LogP) is 1.49. The zero-order valence-electron chi connectivity index (χ0n) is 12.6. The third-order valence-corrected chi connectivity index (χ3v) is 5.21. The Morgan fingerprint density at radius 2 is 1.90 bits per heavy atom. The number of nitrogens with one attached hydrogen (secondary N) is 1. The number of carbonyl (C=O) groups is 1. The minimum atomic E-state index is -3.39. The molecule has 0 saturated heterocycles. The maximum absolute atomic E-state index is 11.9. The van der Waals surface area contributed by atoms with Crippen LogP contribution in [0.2, 0.25) is 5.02 Å². The number of sulfone groups is 1. The van der Waals surface area contributed by atoms with Gasteiger partial charge in [0.25, 0.3) is 0 Å². The van der Waals surface area contributed by atoms with Crippen LogP contribution < -0.4 is 5.32 Å². The molecule has 0 fully saturated rings. The molecule has 0 saturated carbocycles. The van der Waals surface area contributed by atoms with E-state index in [1.165, 1.54) is 6.92 Å². The van der Waals surface area contributed by atoms with Gasteiger partial charge in [0.1, 0.15) is 5.25 Å². The summed E-state index contributed by atoms with van der Waals surface area (Å²) in [6, 6.07) is 7.25. The number of hydrogen-bond donors (Lipinski definition) is 1. The van der Waals surface area contributed by atoms with Gasteiger partial charge in [0.2, 0.25) is 5.91 Å². The maximum Gasteiger partial charge on any atom is 0.238 e. The van der Waals surface area contributed by atoms with Crippen LogP contribution in [0.15, 0.2) is 24.3 Å². The van der Waals surface area contributed by atoms with E-state index in [0.717, 1.165) is 11.8 Å². The fraction of sp³-hybridized carbons (Fsp3) is 0.500. The number of amides is 1. The highest BCUT2D eigenvalue weighted by Crippen LogP contribution is 2.25. The number of hydrogen-bond acceptors (Lipinski definition) is 4. The van der Waals surface area contributed by atoms with Crippen molar-refractivity contribution in [3.05, 3.63) is 34.9 Å². The first-order chi connectivity index (χ1) is 9.64. The minimum Gasteiger partial charge on any atom is -0.353 e. The van der Waals surface area contributed by atoms with Gasteiger partial charge in [-0.15, -0.1) is 0 Å². The average molecular weight is 333 g/mol. The molecule has 1 rings (SSSR count). The molecular formula is C14H21ClN2O3S. The van der Waals surface area contributed by atoms with Crippen LogP contribution in [0.3, 0.4) is 0 Å². The second-order valence-corrected chi connectivity index (χ2v) is 7.99. The van der Waals surface area contributed by atoms with E-state index >= 15 is 0 Å². The molecule has 1 aromatic carbocycles. The standard InChI is InChI=1S/C14H21ClN2O3S/c1-10(21(4,19)20)14(18)16-9-13(17(2)3)11-7-5-6-8-12(11)15/h5-8,10,13H,9H2,1-4H3,(H,16,18)/t10-,13-/m0/s1. The molecule has 7 heteroatoms. The number of rotatable bonds is 6. The van der Waals surface area contributed by atoms with E-state index in [1.54, 1.807) is 6.07 Å². The second kappa shape index (κ2) is 7.24. The number of halogens is 1. The summed E-state index contributed by atoms with van der Waals surface area (Å²) in [5.41, 5.74) is 0.886. The van der Waals surface area contributed by atoms with Crippen LogP contribution in [0.5, 0.6) is 0 Å². The first-order valence-electron chi connectivity index (χ1n) is 6.52. The largest absolute Gasteiger partial charge is 0.353 e. The molecule has 118 valence electrons. The van der Waals surface area contributed by atoms with Gasteiger partial charge in [0.15, 0.2) is 9.84 Å². The Morgan fingerprint density at radius 1 is 1.33 bits per heavy atom. The Labute approximate surface area is 131 Å². The lowest BCUT2D eigenvalue weighted by Gasteiger charge is -2.26. The Balaban J connectivity index is 2.83. The van der Waals surface area contributed by atoms with Gasteiger partial charge in [-0.05, 0) is 32.6 Å². The molecule has 0 aliphatic heterocycles. The van der Waals surface area contributed by atoms with Crippen LogP contribution in [0.25, 0.3) is 0 Å². The molecule has 0 aliphatic carbocycles. The first kappa shape index (κ1) is 17.9. The summed E-state index contributed by atoms with van der Waals surface area (Å²) in [5.74, 6) is -0.503. The summed E-state index contributed by atoms with van der Waals surface area (Å²) in [5, 5.41) is 2.23. The van der Waals surface area contributed by atoms with E-state index in [9.17, 15) is 13.2 Å². The number of likely N-dealkylation sites (N-methyl/N-ethyl adjacent to an activating group) is 1. The Bertz CT molecular complexity index is 602. The highest BCUT2D eigenvalue weighted by atomic mass is 35.5. The summed E-state index contributed by atoms with van der Waals surface area (Å²) in [4.78, 5) is 13.8. The summed E-state index contributed by atoms with van der Waals surface area (Å²) >= 11 is 6.18. The van der Waals surface area contributed by atoms with Gasteiger partial charge in [-0.3, -0.25) is 4.79 Å². The highest BCUT2D eigenvalue weighted by Gasteiger charge is 2.25. The summed E-state index contributed by atoms with van der Waals surface area (Å²) in [6.07, 6.45) is 1.05. The molecule has 0 radical (unpaired) electrons. The zero-order valence-corrected chi connectivity index (χ0v) is 14.2. The lowest BCUT2D eigenvalue weighted by molar-refractivity contribution is -0.120. The molecule has 0 aromatic heterocycles. The fourth-order valence-electron chi connectivity index (χ4n) is 1.85. The molecule has 1 aromatic rings. The Hall–Kier alpha value is -1.11. The monoisotopic (exact) mass is 332 g/mol. The fourth-order valence-corrected chi connectivity index (χ4v) is 2.59. The summed E-state index contributed by atoms with van der Waals surface area (Å²) in [6.45, 7) is 1.67. The molecule has 0 heterocycles. The van der Waals surface area contributed by atoms with Gasteiger partial charge in [0, 0.05) is 17.8 Å². The number of benzene rings is 1. The van der Waals surface area contributed by atoms with Crippen molar-refractivity contribution in [1.29, 1.82) is 0 Å². The van der Waals surface area contributed by atoms with Crippen LogP contribution in [0, 0.1) is 0 Å². The van der Waals surface area contributed by atoms with Crippen LogP contribution in [-0.2, 0) is 14.6 Å². The predicted molar refractivity (Wildman–Crippen MR) is 85.2 cm³/mol. The van der Waals surface area contributed by atoms with Gasteiger partial charge in [-0.2, -0.15) is 0 Å². The molecule has 0 bridgehead atoms. The molecule has 2 atom stereocenters. The second-order valence-electron chi connectivity index (χ2n) is 5.22. The van der Waals surface area contributed by atoms with E-state index in [-0.39, 0.29) is 12.6 Å². The van der Waals surface area contributed by atoms with Gasteiger partial charge in [-0.1, -0.05) is 29.8 Å². The van der Waals surface area contributed by atoms with E-state index in [1.807, 2.05) is 37.2 Å². The smallest absolute Gasteiger partial charge is 0.238 e. The number of nitrogens with zero attached hydrogens (tertiary/aromatic N) is 1. The van der Waals surface area contributed by atoms with Crippen LogP contribution in [0.4, 0.5) is 0 Å². The highest BCUT2D eigenvalue weighted by molar-refractivity contribution is 7.92. The van der Waals surface area contributed by atoms with Crippen molar-refractivity contribution in [2.24, 2.45) is 0 Å². The van der Waals surface area contributed by atoms with Gasteiger partial charge >= 0.3 is 0 Å². The molecule has 0 aliphatic rings. The molecule has 21 heavy (non-hydrogen) atoms. The van der Waals surface area contributed by atoms with E-state index in [4.69, 9.17) is 11.6 Å². The van der Waals surface area contributed by atoms with E-state index < -0.39 is 21.0 Å². The summed E-state index contributed by atoms with van der Waals surface area (Å²) < 4.78 is 22.8. The molecule has 0 spiro atoms. The minimum absolute atomic E-state index is 0.130. The SMILES string of the molecule is C[C@@H](C(=O)NC[C@@H](c1ccccc1Cl)N(C)C)S(C)(=O)=O. The maximum atomic E-state index is 11.9. The quantitative estimate of drug-likeness (QED) is 0.857. The third kappa shape index (κ3) is 4.98. The average Bonchev–Trinajstić information content (AvgIpc) is 2.38. The lowest BCUT2D eigenvalue weighted by atomic mass is 10.1. The molecule has 1 amide bonds. The van der Waals surface area contributed by atoms with Gasteiger partial charge < -0.3 is 10.2 Å². The Morgan fingerprint density at radius 3 is 2.38 bits per heavy atom. The van der Waals surface area contributed by atoms with Crippen molar-refractivity contribution >= 4 is 27.3 Å². The van der Waals surface area contributed by atoms with Crippen molar-refractivity contribution in [2.45, 2.75) is 18.2 Å². The topological polar surface area (TPSA) is 66.5 Å². The Kier molecular flexibility index (Phi) is 6.19. The lowest BCUT2D eigenvalue weighted by Crippen LogP contribution is -2.41. The van der Waals surface area contributed by atoms with Crippen LogP contribution >= 0.6 is 11.6 Å². The molecule has 5 nitrogen and oxygen atoms in total. The van der Waals surface area contributed by atoms with Crippen molar-refractivity contribution in [3.8, 4) is 0 Å². The van der Waals surface area contributed by atoms with Crippen molar-refractivity contribution < 1.29 is 13.2 Å². The molecule has 0 unspecified atom stereocenters. The van der Waals surface area contributed by atoms with Crippen molar-refractivity contribution in [1.82, 2.24) is 10.2 Å². The van der Waals surface area contributed by atoms with Gasteiger partial charge in [-0.25, -0.2) is 8.42 Å². The van der Waals surface area contributed by atoms with Crippen molar-refractivity contribution in [3.63, 3.8) is 0 Å². The van der Waals surface area contributed by atoms with Crippen molar-refractivity contribution in [2.75, 3.05) is 26.9 Å². The van der Waals surface area contributed by atoms with Gasteiger partial charge in [0.05, 0.1) is 6.04 Å². The first-order valence-corrected chi connectivity index (χ1v) is 8.85. The van der Waals surface area contributed by atoms with Crippen LogP contribution in [-0.4, -0.2) is 51.4 Å². The molecule has 1 N–H and O–H groups in total. The van der Waals surface area contributed by atoms with E-state index in [2.05, 4.69) is 5.32 Å². The number of carbonyl (C=O) groups excluding carboxylic acids is 1. The zero-order chi connectivity index (χ0) is 16.2. The molecular weight excluding hydrogens is 312 g/mol. The summed E-state index contributed by atoms with van der Waals surface area (Å²) in [7, 11) is 0.356. The normalized spacial score (nSPS) is 14.8. The van der Waals surface area contributed by atoms with Crippen LogP contribution in [0.1, 0.15) is 18.5 Å². The van der Waals surface area contributed by atoms with E-state index in [0.29, 0.717) is 5.02 Å².